The molecule has 0 aliphatic carbocycles. The standard InChI is InChI=1S/C20H32N4O2/c1-13(2)19(25)23-10-8-16(9-11-23)18-17(12-21-22-18)20(26)24-14(3)6-5-7-15(24)4/h12-16H,5-11H2,1-4H3,(H,21,22)/t14-,15-/m1/s1. The van der Waals surface area contributed by atoms with E-state index in [1.807, 2.05) is 23.6 Å². The number of aromatic nitrogens is 2. The maximum atomic E-state index is 13.2. The molecule has 0 bridgehead atoms. The molecular formula is C20H32N4O2. The first-order valence-corrected chi connectivity index (χ1v) is 10.0. The van der Waals surface area contributed by atoms with Crippen LogP contribution in [0.15, 0.2) is 6.20 Å². The molecule has 0 saturated carbocycles. The number of hydrogen-bond donors (Lipinski definition) is 1. The second-order valence-electron chi connectivity index (χ2n) is 8.29. The van der Waals surface area contributed by atoms with Crippen molar-refractivity contribution in [2.45, 2.75) is 77.8 Å². The van der Waals surface area contributed by atoms with Crippen LogP contribution in [0.2, 0.25) is 0 Å². The highest BCUT2D eigenvalue weighted by Gasteiger charge is 2.34. The van der Waals surface area contributed by atoms with Crippen molar-refractivity contribution in [1.29, 1.82) is 0 Å². The fourth-order valence-electron chi connectivity index (χ4n) is 4.49. The number of hydrogen-bond acceptors (Lipinski definition) is 3. The number of aromatic amines is 1. The molecule has 2 saturated heterocycles. The van der Waals surface area contributed by atoms with Crippen LogP contribution in [0.1, 0.15) is 81.8 Å². The van der Waals surface area contributed by atoms with Crippen LogP contribution in [0.5, 0.6) is 0 Å². The van der Waals surface area contributed by atoms with E-state index in [9.17, 15) is 9.59 Å². The number of H-pyrrole nitrogens is 1. The van der Waals surface area contributed by atoms with E-state index in [0.29, 0.717) is 0 Å². The second-order valence-corrected chi connectivity index (χ2v) is 8.29. The van der Waals surface area contributed by atoms with Crippen molar-refractivity contribution in [3.05, 3.63) is 17.5 Å². The summed E-state index contributed by atoms with van der Waals surface area (Å²) in [5, 5.41) is 7.28. The Bertz CT molecular complexity index is 636. The van der Waals surface area contributed by atoms with Gasteiger partial charge in [0, 0.05) is 37.0 Å². The van der Waals surface area contributed by atoms with Gasteiger partial charge in [0.25, 0.3) is 5.91 Å². The van der Waals surface area contributed by atoms with Crippen molar-refractivity contribution in [3.8, 4) is 0 Å². The van der Waals surface area contributed by atoms with Gasteiger partial charge in [0.05, 0.1) is 17.5 Å². The smallest absolute Gasteiger partial charge is 0.257 e. The molecule has 3 rings (SSSR count). The molecule has 2 amide bonds. The molecule has 0 aromatic carbocycles. The number of carbonyl (C=O) groups excluding carboxylic acids is 2. The van der Waals surface area contributed by atoms with Gasteiger partial charge in [-0.1, -0.05) is 13.8 Å². The zero-order valence-electron chi connectivity index (χ0n) is 16.5. The molecule has 2 aliphatic heterocycles. The van der Waals surface area contributed by atoms with E-state index in [4.69, 9.17) is 0 Å². The van der Waals surface area contributed by atoms with Gasteiger partial charge in [-0.05, 0) is 46.0 Å². The number of carbonyl (C=O) groups is 2. The molecule has 0 radical (unpaired) electrons. The molecule has 2 fully saturated rings. The largest absolute Gasteiger partial charge is 0.342 e. The highest BCUT2D eigenvalue weighted by atomic mass is 16.2. The van der Waals surface area contributed by atoms with E-state index < -0.39 is 0 Å². The molecule has 1 aromatic rings. The summed E-state index contributed by atoms with van der Waals surface area (Å²) in [7, 11) is 0. The molecule has 1 aromatic heterocycles. The summed E-state index contributed by atoms with van der Waals surface area (Å²) in [5.74, 6) is 0.635. The highest BCUT2D eigenvalue weighted by Crippen LogP contribution is 2.32. The van der Waals surface area contributed by atoms with Gasteiger partial charge < -0.3 is 9.80 Å². The van der Waals surface area contributed by atoms with Gasteiger partial charge >= 0.3 is 0 Å². The van der Waals surface area contributed by atoms with Gasteiger partial charge in [0.2, 0.25) is 5.91 Å². The number of likely N-dealkylation sites (tertiary alicyclic amines) is 2. The lowest BCUT2D eigenvalue weighted by molar-refractivity contribution is -0.135. The third-order valence-electron chi connectivity index (χ3n) is 6.04. The van der Waals surface area contributed by atoms with Crippen LogP contribution in [0.25, 0.3) is 0 Å². The second kappa shape index (κ2) is 7.80. The van der Waals surface area contributed by atoms with Crippen LogP contribution in [0.4, 0.5) is 0 Å². The van der Waals surface area contributed by atoms with Crippen molar-refractivity contribution in [2.24, 2.45) is 5.92 Å². The molecule has 6 nitrogen and oxygen atoms in total. The van der Waals surface area contributed by atoms with Gasteiger partial charge in [-0.15, -0.1) is 0 Å². The number of rotatable bonds is 3. The Morgan fingerprint density at radius 1 is 1.12 bits per heavy atom. The lowest BCUT2D eigenvalue weighted by atomic mass is 9.89. The fraction of sp³-hybridized carbons (Fsp3) is 0.750. The predicted molar refractivity (Wildman–Crippen MR) is 101 cm³/mol. The zero-order chi connectivity index (χ0) is 18.8. The Labute approximate surface area is 156 Å². The summed E-state index contributed by atoms with van der Waals surface area (Å²) in [4.78, 5) is 29.4. The third-order valence-corrected chi connectivity index (χ3v) is 6.04. The number of nitrogens with zero attached hydrogens (tertiary/aromatic N) is 3. The van der Waals surface area contributed by atoms with Crippen molar-refractivity contribution < 1.29 is 9.59 Å². The molecule has 0 spiro atoms. The first-order chi connectivity index (χ1) is 12.4. The first-order valence-electron chi connectivity index (χ1n) is 10.0. The van der Waals surface area contributed by atoms with Crippen LogP contribution >= 0.6 is 0 Å². The average Bonchev–Trinajstić information content (AvgIpc) is 3.10. The van der Waals surface area contributed by atoms with Crippen molar-refractivity contribution in [1.82, 2.24) is 20.0 Å². The van der Waals surface area contributed by atoms with Crippen molar-refractivity contribution >= 4 is 11.8 Å². The fourth-order valence-corrected chi connectivity index (χ4v) is 4.49. The Kier molecular flexibility index (Phi) is 5.68. The lowest BCUT2D eigenvalue weighted by Gasteiger charge is -2.39. The average molecular weight is 361 g/mol. The van der Waals surface area contributed by atoms with Crippen LogP contribution in [-0.4, -0.2) is 57.0 Å². The van der Waals surface area contributed by atoms with Gasteiger partial charge in [-0.2, -0.15) is 5.10 Å². The summed E-state index contributed by atoms with van der Waals surface area (Å²) in [6.45, 7) is 9.68. The van der Waals surface area contributed by atoms with Gasteiger partial charge in [0.1, 0.15) is 0 Å². The van der Waals surface area contributed by atoms with E-state index >= 15 is 0 Å². The quantitative estimate of drug-likeness (QED) is 0.900. The van der Waals surface area contributed by atoms with Gasteiger partial charge in [0.15, 0.2) is 0 Å². The summed E-state index contributed by atoms with van der Waals surface area (Å²) < 4.78 is 0. The summed E-state index contributed by atoms with van der Waals surface area (Å²) in [6.07, 6.45) is 6.78. The summed E-state index contributed by atoms with van der Waals surface area (Å²) >= 11 is 0. The molecule has 6 heteroatoms. The van der Waals surface area contributed by atoms with Gasteiger partial charge in [-0.3, -0.25) is 14.7 Å². The lowest BCUT2D eigenvalue weighted by Crippen LogP contribution is -2.47. The van der Waals surface area contributed by atoms with E-state index in [1.165, 1.54) is 6.42 Å². The van der Waals surface area contributed by atoms with Gasteiger partial charge in [-0.25, -0.2) is 0 Å². The molecule has 2 atom stereocenters. The van der Waals surface area contributed by atoms with Crippen molar-refractivity contribution in [3.63, 3.8) is 0 Å². The SMILES string of the molecule is CC(C)C(=O)N1CCC(c2[nH]ncc2C(=O)N2[C@H](C)CCC[C@H]2C)CC1. The van der Waals surface area contributed by atoms with E-state index in [2.05, 4.69) is 24.0 Å². The minimum absolute atomic E-state index is 0.0397. The maximum Gasteiger partial charge on any atom is 0.257 e. The minimum Gasteiger partial charge on any atom is -0.342 e. The van der Waals surface area contributed by atoms with E-state index in [0.717, 1.165) is 50.0 Å². The van der Waals surface area contributed by atoms with Crippen LogP contribution in [0.3, 0.4) is 0 Å². The molecule has 26 heavy (non-hydrogen) atoms. The minimum atomic E-state index is 0.0397. The topological polar surface area (TPSA) is 69.3 Å². The Hall–Kier alpha value is -1.85. The Morgan fingerprint density at radius 2 is 1.73 bits per heavy atom. The number of amides is 2. The third kappa shape index (κ3) is 3.64. The predicted octanol–water partition coefficient (Wildman–Crippen LogP) is 3.17. The van der Waals surface area contributed by atoms with Crippen LogP contribution < -0.4 is 0 Å². The molecule has 1 N–H and O–H groups in total. The Morgan fingerprint density at radius 3 is 2.31 bits per heavy atom. The first kappa shape index (κ1) is 18.9. The zero-order valence-corrected chi connectivity index (χ0v) is 16.5. The van der Waals surface area contributed by atoms with Crippen LogP contribution in [0, 0.1) is 5.92 Å². The monoisotopic (exact) mass is 360 g/mol. The molecule has 0 unspecified atom stereocenters. The maximum absolute atomic E-state index is 13.2. The number of piperidine rings is 2. The van der Waals surface area contributed by atoms with E-state index in [1.54, 1.807) is 6.20 Å². The Balaban J connectivity index is 1.71. The van der Waals surface area contributed by atoms with E-state index in [-0.39, 0.29) is 35.7 Å². The summed E-state index contributed by atoms with van der Waals surface area (Å²) in [5.41, 5.74) is 1.68. The summed E-state index contributed by atoms with van der Waals surface area (Å²) in [6, 6.07) is 0.555. The molecule has 2 aliphatic rings. The highest BCUT2D eigenvalue weighted by molar-refractivity contribution is 5.95. The molecule has 3 heterocycles. The molecule has 144 valence electrons. The normalized spacial score (nSPS) is 25.0. The number of nitrogens with one attached hydrogen (secondary N) is 1. The van der Waals surface area contributed by atoms with Crippen LogP contribution in [-0.2, 0) is 4.79 Å². The van der Waals surface area contributed by atoms with Crippen molar-refractivity contribution in [2.75, 3.05) is 13.1 Å². The molecular weight excluding hydrogens is 328 g/mol.